The summed E-state index contributed by atoms with van der Waals surface area (Å²) >= 11 is 0. The highest BCUT2D eigenvalue weighted by Crippen LogP contribution is 2.36. The van der Waals surface area contributed by atoms with E-state index in [-0.39, 0.29) is 17.3 Å². The lowest BCUT2D eigenvalue weighted by Crippen LogP contribution is -2.43. The molecule has 3 aromatic rings. The number of nitrogen functional groups attached to an aromatic ring is 1. The number of nitrogens with zero attached hydrogens (tertiary/aromatic N) is 4. The summed E-state index contributed by atoms with van der Waals surface area (Å²) in [5.74, 6) is -0.506. The molecule has 4 rings (SSSR count). The summed E-state index contributed by atoms with van der Waals surface area (Å²) in [7, 11) is 1.63. The topological polar surface area (TPSA) is 143 Å². The number of rotatable bonds is 4. The Morgan fingerprint density at radius 1 is 1.26 bits per heavy atom. The van der Waals surface area contributed by atoms with Gasteiger partial charge < -0.3 is 26.8 Å². The number of primary amides is 1. The zero-order valence-corrected chi connectivity index (χ0v) is 17.5. The van der Waals surface area contributed by atoms with Gasteiger partial charge in [0.25, 0.3) is 5.91 Å². The van der Waals surface area contributed by atoms with Gasteiger partial charge in [-0.1, -0.05) is 0 Å². The van der Waals surface area contributed by atoms with Crippen LogP contribution in [0.25, 0.3) is 22.3 Å². The molecule has 1 aromatic heterocycles. The van der Waals surface area contributed by atoms with Crippen LogP contribution in [0.3, 0.4) is 0 Å². The van der Waals surface area contributed by atoms with E-state index in [0.29, 0.717) is 33.3 Å². The lowest BCUT2D eigenvalue weighted by molar-refractivity contribution is 0.0997. The van der Waals surface area contributed by atoms with Crippen molar-refractivity contribution in [3.63, 3.8) is 0 Å². The second kappa shape index (κ2) is 8.19. The van der Waals surface area contributed by atoms with Crippen molar-refractivity contribution in [3.8, 4) is 17.1 Å². The number of fused-ring (bicyclic) bond motifs is 1. The third-order valence-corrected chi connectivity index (χ3v) is 5.53. The molecule has 0 radical (unpaired) electrons. The molecule has 9 nitrogen and oxygen atoms in total. The zero-order valence-electron chi connectivity index (χ0n) is 17.5. The number of aromatic nitrogens is 2. The molecular formula is C22H25N7O2. The first-order valence-electron chi connectivity index (χ1n) is 10.0. The normalized spacial score (nSPS) is 14.5. The maximum Gasteiger partial charge on any atom is 0.268 e. The molecule has 31 heavy (non-hydrogen) atoms. The average molecular weight is 419 g/mol. The number of anilines is 2. The highest BCUT2D eigenvalue weighted by molar-refractivity contribution is 6.05. The molecule has 1 saturated heterocycles. The number of benzene rings is 2. The van der Waals surface area contributed by atoms with Gasteiger partial charge in [0.05, 0.1) is 11.1 Å². The first-order chi connectivity index (χ1) is 14.9. The van der Waals surface area contributed by atoms with Gasteiger partial charge in [-0.25, -0.2) is 9.97 Å². The predicted molar refractivity (Wildman–Crippen MR) is 123 cm³/mol. The number of hydrogen-bond donors (Lipinski definition) is 4. The van der Waals surface area contributed by atoms with Crippen molar-refractivity contribution in [3.05, 3.63) is 41.1 Å². The fourth-order valence-electron chi connectivity index (χ4n) is 3.81. The number of carbonyl (C=O) groups is 1. The summed E-state index contributed by atoms with van der Waals surface area (Å²) in [6, 6.07) is 7.37. The number of nitrogens with one attached hydrogen (secondary N) is 1. The number of aromatic hydroxyl groups is 1. The van der Waals surface area contributed by atoms with E-state index in [1.165, 1.54) is 0 Å². The van der Waals surface area contributed by atoms with Gasteiger partial charge in [-0.15, -0.1) is 0 Å². The summed E-state index contributed by atoms with van der Waals surface area (Å²) in [6.07, 6.45) is 1.60. The average Bonchev–Trinajstić information content (AvgIpc) is 2.79. The highest BCUT2D eigenvalue weighted by atomic mass is 16.3. The zero-order chi connectivity index (χ0) is 22.1. The minimum absolute atomic E-state index is 0.0436. The fraction of sp³-hybridized carbons (Fsp3) is 0.273. The fourth-order valence-corrected chi connectivity index (χ4v) is 3.81. The van der Waals surface area contributed by atoms with Gasteiger partial charge in [-0.05, 0) is 31.2 Å². The van der Waals surface area contributed by atoms with E-state index in [9.17, 15) is 9.90 Å². The summed E-state index contributed by atoms with van der Waals surface area (Å²) < 4.78 is 0. The second-order valence-electron chi connectivity index (χ2n) is 7.49. The van der Waals surface area contributed by atoms with E-state index in [0.717, 1.165) is 31.9 Å². The smallest absolute Gasteiger partial charge is 0.268 e. The van der Waals surface area contributed by atoms with E-state index in [2.05, 4.69) is 25.2 Å². The molecule has 1 aliphatic heterocycles. The summed E-state index contributed by atoms with van der Waals surface area (Å²) in [5.41, 5.74) is 15.3. The maximum absolute atomic E-state index is 12.3. The molecule has 0 spiro atoms. The van der Waals surface area contributed by atoms with Crippen molar-refractivity contribution in [1.29, 1.82) is 0 Å². The van der Waals surface area contributed by atoms with Crippen molar-refractivity contribution >= 4 is 34.4 Å². The summed E-state index contributed by atoms with van der Waals surface area (Å²) in [5, 5.41) is 14.6. The Balaban J connectivity index is 1.90. The van der Waals surface area contributed by atoms with Crippen molar-refractivity contribution in [2.45, 2.75) is 6.92 Å². The van der Waals surface area contributed by atoms with Gasteiger partial charge in [0.15, 0.2) is 5.82 Å². The van der Waals surface area contributed by atoms with Crippen LogP contribution in [0.1, 0.15) is 21.6 Å². The first kappa shape index (κ1) is 20.5. The number of phenols is 1. The Morgan fingerprint density at radius 3 is 2.68 bits per heavy atom. The van der Waals surface area contributed by atoms with Crippen LogP contribution in [0.4, 0.5) is 11.4 Å². The Labute approximate surface area is 179 Å². The number of hydrogen-bond acceptors (Lipinski definition) is 8. The summed E-state index contributed by atoms with van der Waals surface area (Å²) in [4.78, 5) is 27.6. The van der Waals surface area contributed by atoms with E-state index >= 15 is 0 Å². The van der Waals surface area contributed by atoms with E-state index in [1.807, 2.05) is 18.2 Å². The molecular weight excluding hydrogens is 394 g/mol. The number of aliphatic imine (C=N–C) groups is 1. The largest absolute Gasteiger partial charge is 0.507 e. The van der Waals surface area contributed by atoms with Crippen LogP contribution in [0.5, 0.6) is 5.75 Å². The number of nitrogens with two attached hydrogens (primary N) is 2. The molecule has 160 valence electrons. The first-order valence-corrected chi connectivity index (χ1v) is 10.0. The van der Waals surface area contributed by atoms with Gasteiger partial charge in [0, 0.05) is 67.3 Å². The minimum Gasteiger partial charge on any atom is -0.507 e. The van der Waals surface area contributed by atoms with Gasteiger partial charge in [0.1, 0.15) is 11.4 Å². The van der Waals surface area contributed by atoms with Crippen molar-refractivity contribution in [1.82, 2.24) is 15.3 Å². The lowest BCUT2D eigenvalue weighted by atomic mass is 10.0. The molecule has 0 aliphatic carbocycles. The molecule has 0 bridgehead atoms. The molecule has 9 heteroatoms. The Bertz CT molecular complexity index is 1200. The van der Waals surface area contributed by atoms with Gasteiger partial charge in [-0.2, -0.15) is 0 Å². The number of phenolic OH excluding ortho intramolecular Hbond substituents is 1. The van der Waals surface area contributed by atoms with E-state index in [4.69, 9.17) is 11.5 Å². The van der Waals surface area contributed by atoms with Crippen LogP contribution in [0.2, 0.25) is 0 Å². The Morgan fingerprint density at radius 2 is 2.00 bits per heavy atom. The molecule has 0 atom stereocenters. The van der Waals surface area contributed by atoms with Crippen LogP contribution in [-0.2, 0) is 0 Å². The SMILES string of the molecule is CN=Cc1cc(-c2nc(C(N)=O)c3cc(N4CCNCC4)ccc3n2)c(O)c(C)c1N. The number of piperazine rings is 1. The number of amides is 1. The van der Waals surface area contributed by atoms with E-state index in [1.54, 1.807) is 26.3 Å². The molecule has 2 heterocycles. The van der Waals surface area contributed by atoms with Crippen molar-refractivity contribution < 1.29 is 9.90 Å². The van der Waals surface area contributed by atoms with Crippen LogP contribution >= 0.6 is 0 Å². The molecule has 1 amide bonds. The van der Waals surface area contributed by atoms with Crippen LogP contribution in [-0.4, -0.2) is 60.4 Å². The Hall–Kier alpha value is -3.72. The Kier molecular flexibility index (Phi) is 5.43. The van der Waals surface area contributed by atoms with Gasteiger partial charge in [-0.3, -0.25) is 9.79 Å². The quantitative estimate of drug-likeness (QED) is 0.370. The van der Waals surface area contributed by atoms with Crippen LogP contribution in [0, 0.1) is 6.92 Å². The van der Waals surface area contributed by atoms with Gasteiger partial charge >= 0.3 is 0 Å². The third kappa shape index (κ3) is 3.75. The molecule has 2 aromatic carbocycles. The van der Waals surface area contributed by atoms with Crippen molar-refractivity contribution in [2.24, 2.45) is 10.7 Å². The second-order valence-corrected chi connectivity index (χ2v) is 7.49. The molecule has 0 saturated carbocycles. The van der Waals surface area contributed by atoms with Crippen molar-refractivity contribution in [2.75, 3.05) is 43.9 Å². The monoisotopic (exact) mass is 419 g/mol. The minimum atomic E-state index is -0.659. The maximum atomic E-state index is 12.3. The molecule has 1 aliphatic rings. The molecule has 1 fully saturated rings. The predicted octanol–water partition coefficient (Wildman–Crippen LogP) is 1.45. The highest BCUT2D eigenvalue weighted by Gasteiger charge is 2.20. The number of carbonyl (C=O) groups excluding carboxylic acids is 1. The lowest BCUT2D eigenvalue weighted by Gasteiger charge is -2.29. The standard InChI is InChI=1S/C22H25N7O2/c1-12-18(23)13(11-25-2)9-16(20(12)30)22-27-17-4-3-14(29-7-5-26-6-8-29)10-15(17)19(28-22)21(24)31/h3-4,9-11,26,30H,5-8,23H2,1-2H3,(H2,24,31). The molecule has 0 unspecified atom stereocenters. The van der Waals surface area contributed by atoms with E-state index < -0.39 is 5.91 Å². The van der Waals surface area contributed by atoms with Crippen LogP contribution < -0.4 is 21.7 Å². The summed E-state index contributed by atoms with van der Waals surface area (Å²) in [6.45, 7) is 5.25. The molecule has 6 N–H and O–H groups in total. The third-order valence-electron chi connectivity index (χ3n) is 5.53. The van der Waals surface area contributed by atoms with Crippen LogP contribution in [0.15, 0.2) is 29.3 Å². The van der Waals surface area contributed by atoms with Gasteiger partial charge in [0.2, 0.25) is 0 Å².